The molecule has 0 radical (unpaired) electrons. The second kappa shape index (κ2) is 9.52. The van der Waals surface area contributed by atoms with E-state index in [1.165, 1.54) is 12.1 Å². The molecule has 0 saturated carbocycles. The van der Waals surface area contributed by atoms with Crippen LogP contribution in [-0.2, 0) is 20.0 Å². The van der Waals surface area contributed by atoms with E-state index >= 15 is 0 Å². The lowest BCUT2D eigenvalue weighted by molar-refractivity contribution is -0.384. The first-order valence-electron chi connectivity index (χ1n) is 9.84. The number of benzene rings is 1. The number of hydrogen-bond donors (Lipinski definition) is 0. The Kier molecular flexibility index (Phi) is 7.05. The molecule has 10 heteroatoms. The third kappa shape index (κ3) is 5.04. The molecular formula is C19H26N3O6P. The van der Waals surface area contributed by atoms with Gasteiger partial charge in [-0.05, 0) is 38.7 Å². The highest BCUT2D eigenvalue weighted by Crippen LogP contribution is 2.49. The monoisotopic (exact) mass is 423 g/mol. The molecule has 3 rings (SSSR count). The van der Waals surface area contributed by atoms with Crippen molar-refractivity contribution in [3.8, 4) is 0 Å². The van der Waals surface area contributed by atoms with Gasteiger partial charge in [-0.15, -0.1) is 0 Å². The van der Waals surface area contributed by atoms with Crippen LogP contribution in [0.2, 0.25) is 0 Å². The van der Waals surface area contributed by atoms with E-state index in [-0.39, 0.29) is 24.3 Å². The van der Waals surface area contributed by atoms with Crippen molar-refractivity contribution in [3.05, 3.63) is 45.8 Å². The predicted octanol–water partition coefficient (Wildman–Crippen LogP) is 4.06. The van der Waals surface area contributed by atoms with Gasteiger partial charge >= 0.3 is 7.60 Å². The summed E-state index contributed by atoms with van der Waals surface area (Å²) in [5, 5.41) is 10.8. The van der Waals surface area contributed by atoms with E-state index in [1.807, 2.05) is 4.90 Å². The van der Waals surface area contributed by atoms with Crippen LogP contribution in [0.5, 0.6) is 0 Å². The van der Waals surface area contributed by atoms with E-state index in [4.69, 9.17) is 13.5 Å². The van der Waals surface area contributed by atoms with E-state index in [2.05, 4.69) is 4.98 Å². The summed E-state index contributed by atoms with van der Waals surface area (Å²) in [7, 11) is -3.62. The lowest BCUT2D eigenvalue weighted by Crippen LogP contribution is -2.33. The largest absolute Gasteiger partial charge is 0.424 e. The molecule has 2 aromatic rings. The van der Waals surface area contributed by atoms with Crippen molar-refractivity contribution >= 4 is 24.6 Å². The Hall–Kier alpha value is -2.22. The molecule has 1 aromatic carbocycles. The van der Waals surface area contributed by atoms with Gasteiger partial charge in [0, 0.05) is 31.6 Å². The summed E-state index contributed by atoms with van der Waals surface area (Å²) in [6, 6.07) is 6.20. The third-order valence-corrected chi connectivity index (χ3v) is 6.65. The van der Waals surface area contributed by atoms with Crippen molar-refractivity contribution in [1.29, 1.82) is 0 Å². The Morgan fingerprint density at radius 3 is 2.31 bits per heavy atom. The molecule has 158 valence electrons. The molecule has 0 bridgehead atoms. The van der Waals surface area contributed by atoms with Crippen molar-refractivity contribution in [1.82, 2.24) is 4.98 Å². The van der Waals surface area contributed by atoms with Crippen LogP contribution in [0.25, 0.3) is 0 Å². The van der Waals surface area contributed by atoms with Gasteiger partial charge in [0.25, 0.3) is 5.69 Å². The SMILES string of the molecule is CCOP(=O)(OCC)c1nc(Cc2ccc([N+](=O)[O-])cc2)oc1N1CCCCC1. The fraction of sp³-hybridized carbons (Fsp3) is 0.526. The summed E-state index contributed by atoms with van der Waals surface area (Å²) in [5.74, 6) is 0.806. The molecule has 0 unspecified atom stereocenters. The first-order valence-corrected chi connectivity index (χ1v) is 11.4. The van der Waals surface area contributed by atoms with E-state index in [9.17, 15) is 14.7 Å². The number of anilines is 1. The Morgan fingerprint density at radius 1 is 1.14 bits per heavy atom. The number of oxazole rings is 1. The van der Waals surface area contributed by atoms with Crippen molar-refractivity contribution < 1.29 is 23.0 Å². The minimum atomic E-state index is -3.62. The summed E-state index contributed by atoms with van der Waals surface area (Å²) in [4.78, 5) is 16.9. The van der Waals surface area contributed by atoms with Gasteiger partial charge in [0.2, 0.25) is 17.2 Å². The molecule has 0 aliphatic carbocycles. The van der Waals surface area contributed by atoms with Crippen molar-refractivity contribution in [2.24, 2.45) is 0 Å². The maximum Gasteiger partial charge on any atom is 0.385 e. The van der Waals surface area contributed by atoms with Gasteiger partial charge in [-0.25, -0.2) is 4.98 Å². The topological polar surface area (TPSA) is 108 Å². The molecule has 1 saturated heterocycles. The highest BCUT2D eigenvalue weighted by atomic mass is 31.2. The van der Waals surface area contributed by atoms with E-state index in [0.717, 1.165) is 37.9 Å². The number of aromatic nitrogens is 1. The van der Waals surface area contributed by atoms with Crippen LogP contribution >= 0.6 is 7.60 Å². The van der Waals surface area contributed by atoms with Crippen molar-refractivity contribution in [3.63, 3.8) is 0 Å². The zero-order valence-electron chi connectivity index (χ0n) is 16.7. The van der Waals surface area contributed by atoms with Gasteiger partial charge in [0.1, 0.15) is 0 Å². The average molecular weight is 423 g/mol. The van der Waals surface area contributed by atoms with Gasteiger partial charge in [0.05, 0.1) is 18.1 Å². The van der Waals surface area contributed by atoms with Gasteiger partial charge < -0.3 is 18.4 Å². The Morgan fingerprint density at radius 2 is 1.76 bits per heavy atom. The molecule has 1 aliphatic rings. The minimum Gasteiger partial charge on any atom is -0.424 e. The van der Waals surface area contributed by atoms with E-state index in [0.29, 0.717) is 18.2 Å². The first kappa shape index (κ1) is 21.5. The molecule has 2 heterocycles. The third-order valence-electron chi connectivity index (χ3n) is 4.64. The molecule has 1 fully saturated rings. The van der Waals surface area contributed by atoms with E-state index in [1.54, 1.807) is 26.0 Å². The molecular weight excluding hydrogens is 397 g/mol. The molecule has 0 spiro atoms. The average Bonchev–Trinajstić information content (AvgIpc) is 3.14. The summed E-state index contributed by atoms with van der Waals surface area (Å²) < 4.78 is 30.4. The second-order valence-corrected chi connectivity index (χ2v) is 8.65. The van der Waals surface area contributed by atoms with Gasteiger partial charge in [-0.3, -0.25) is 14.7 Å². The van der Waals surface area contributed by atoms with Crippen LogP contribution in [0, 0.1) is 10.1 Å². The summed E-state index contributed by atoms with van der Waals surface area (Å²) in [6.07, 6.45) is 3.50. The molecule has 0 N–H and O–H groups in total. The predicted molar refractivity (Wildman–Crippen MR) is 109 cm³/mol. The zero-order valence-corrected chi connectivity index (χ0v) is 17.6. The maximum atomic E-state index is 13.4. The fourth-order valence-electron chi connectivity index (χ4n) is 3.31. The number of piperidine rings is 1. The number of rotatable bonds is 9. The Labute approximate surface area is 169 Å². The normalized spacial score (nSPS) is 14.9. The molecule has 1 aromatic heterocycles. The van der Waals surface area contributed by atoms with Crippen molar-refractivity contribution in [2.45, 2.75) is 39.5 Å². The highest BCUT2D eigenvalue weighted by molar-refractivity contribution is 7.62. The van der Waals surface area contributed by atoms with Crippen molar-refractivity contribution in [2.75, 3.05) is 31.2 Å². The number of nitro groups is 1. The molecule has 29 heavy (non-hydrogen) atoms. The zero-order chi connectivity index (χ0) is 20.9. The van der Waals surface area contributed by atoms with Gasteiger partial charge in [-0.2, -0.15) is 0 Å². The van der Waals surface area contributed by atoms with Crippen LogP contribution in [0.3, 0.4) is 0 Å². The van der Waals surface area contributed by atoms with Crippen LogP contribution in [0.4, 0.5) is 11.6 Å². The highest BCUT2D eigenvalue weighted by Gasteiger charge is 2.37. The smallest absolute Gasteiger partial charge is 0.385 e. The van der Waals surface area contributed by atoms with Gasteiger partial charge in [-0.1, -0.05) is 12.1 Å². The van der Waals surface area contributed by atoms with Gasteiger partial charge in [0.15, 0.2) is 0 Å². The van der Waals surface area contributed by atoms with E-state index < -0.39 is 12.5 Å². The summed E-state index contributed by atoms with van der Waals surface area (Å²) in [5.41, 5.74) is 1.03. The number of non-ortho nitro benzene ring substituents is 1. The lowest BCUT2D eigenvalue weighted by atomic mass is 10.1. The Bertz CT molecular complexity index is 867. The standard InChI is InChI=1S/C19H26N3O6P/c1-3-26-29(25,27-4-2)18-19(21-12-6-5-7-13-21)28-17(20-18)14-15-8-10-16(11-9-15)22(23)24/h8-11H,3-7,12-14H2,1-2H3. The molecule has 0 atom stereocenters. The number of nitro benzene ring substituents is 1. The fourth-order valence-corrected chi connectivity index (χ4v) is 4.97. The van der Waals surface area contributed by atoms with Crippen LogP contribution in [0.15, 0.2) is 28.7 Å². The van der Waals surface area contributed by atoms with Crippen LogP contribution in [0.1, 0.15) is 44.6 Å². The van der Waals surface area contributed by atoms with Crippen LogP contribution in [-0.4, -0.2) is 36.2 Å². The number of hydrogen-bond acceptors (Lipinski definition) is 8. The minimum absolute atomic E-state index is 0.0213. The Balaban J connectivity index is 1.94. The second-order valence-electron chi connectivity index (χ2n) is 6.72. The molecule has 9 nitrogen and oxygen atoms in total. The summed E-state index contributed by atoms with van der Waals surface area (Å²) in [6.45, 7) is 5.53. The van der Waals surface area contributed by atoms with Crippen LogP contribution < -0.4 is 10.3 Å². The lowest BCUT2D eigenvalue weighted by Gasteiger charge is -2.27. The quantitative estimate of drug-likeness (QED) is 0.338. The maximum absolute atomic E-state index is 13.4. The molecule has 0 amide bonds. The number of nitrogens with zero attached hydrogens (tertiary/aromatic N) is 3. The first-order chi connectivity index (χ1) is 14.0. The molecule has 1 aliphatic heterocycles. The summed E-state index contributed by atoms with van der Waals surface area (Å²) >= 11 is 0.